The summed E-state index contributed by atoms with van der Waals surface area (Å²) < 4.78 is 0. The van der Waals surface area contributed by atoms with Crippen molar-refractivity contribution in [1.82, 2.24) is 0 Å². The van der Waals surface area contributed by atoms with Gasteiger partial charge in [0.2, 0.25) is 0 Å². The van der Waals surface area contributed by atoms with E-state index in [1.54, 1.807) is 6.92 Å². The molecular formula is C10H21NOS. The summed E-state index contributed by atoms with van der Waals surface area (Å²) in [6.45, 7) is 4.41. The first kappa shape index (κ1) is 12.7. The molecule has 0 aliphatic heterocycles. The molecule has 78 valence electrons. The zero-order valence-corrected chi connectivity index (χ0v) is 10.2. The van der Waals surface area contributed by atoms with Gasteiger partial charge >= 0.3 is 0 Å². The second-order valence-electron chi connectivity index (χ2n) is 4.29. The van der Waals surface area contributed by atoms with Gasteiger partial charge in [-0.15, -0.1) is 0 Å². The van der Waals surface area contributed by atoms with Crippen LogP contribution < -0.4 is 0 Å². The Hall–Kier alpha value is -0.310. The minimum atomic E-state index is -0.440. The standard InChI is InChI=1S/C10H21NOS/c1-9(8-10(2)12)11-6-7-13(3,4)5/h6-8H2,1-5H3. The van der Waals surface area contributed by atoms with Gasteiger partial charge < -0.3 is 0 Å². The molecule has 0 aromatic carbocycles. The van der Waals surface area contributed by atoms with Crippen LogP contribution in [0.3, 0.4) is 0 Å². The Morgan fingerprint density at radius 1 is 1.23 bits per heavy atom. The summed E-state index contributed by atoms with van der Waals surface area (Å²) >= 11 is 0. The van der Waals surface area contributed by atoms with E-state index >= 15 is 0 Å². The summed E-state index contributed by atoms with van der Waals surface area (Å²) in [7, 11) is -0.440. The quantitative estimate of drug-likeness (QED) is 0.629. The van der Waals surface area contributed by atoms with E-state index in [1.165, 1.54) is 0 Å². The number of rotatable bonds is 5. The lowest BCUT2D eigenvalue weighted by Gasteiger charge is -2.23. The maximum Gasteiger partial charge on any atom is 0.135 e. The summed E-state index contributed by atoms with van der Waals surface area (Å²) in [6, 6.07) is 0. The molecular weight excluding hydrogens is 182 g/mol. The highest BCUT2D eigenvalue weighted by atomic mass is 32.3. The van der Waals surface area contributed by atoms with Crippen LogP contribution in [0, 0.1) is 0 Å². The van der Waals surface area contributed by atoms with Crippen molar-refractivity contribution in [3.05, 3.63) is 0 Å². The topological polar surface area (TPSA) is 29.4 Å². The van der Waals surface area contributed by atoms with Crippen LogP contribution >= 0.6 is 10.0 Å². The molecule has 0 saturated carbocycles. The van der Waals surface area contributed by atoms with Crippen molar-refractivity contribution in [3.8, 4) is 0 Å². The van der Waals surface area contributed by atoms with Crippen LogP contribution in [0.15, 0.2) is 4.99 Å². The minimum absolute atomic E-state index is 0.198. The van der Waals surface area contributed by atoms with Gasteiger partial charge in [0.15, 0.2) is 0 Å². The second kappa shape index (κ2) is 5.43. The lowest BCUT2D eigenvalue weighted by molar-refractivity contribution is -0.115. The van der Waals surface area contributed by atoms with E-state index in [1.807, 2.05) is 6.92 Å². The molecule has 3 heteroatoms. The predicted molar refractivity (Wildman–Crippen MR) is 63.5 cm³/mol. The van der Waals surface area contributed by atoms with Crippen LogP contribution in [0.1, 0.15) is 20.3 Å². The van der Waals surface area contributed by atoms with Gasteiger partial charge in [0.05, 0.1) is 0 Å². The highest BCUT2D eigenvalue weighted by Gasteiger charge is 2.02. The maximum atomic E-state index is 10.7. The third kappa shape index (κ3) is 9.61. The minimum Gasteiger partial charge on any atom is -0.300 e. The number of ketones is 1. The molecule has 0 fully saturated rings. The van der Waals surface area contributed by atoms with E-state index < -0.39 is 10.0 Å². The first-order valence-corrected chi connectivity index (χ1v) is 7.49. The summed E-state index contributed by atoms with van der Waals surface area (Å²) in [6.07, 6.45) is 7.36. The largest absolute Gasteiger partial charge is 0.300 e. The molecule has 0 unspecified atom stereocenters. The summed E-state index contributed by atoms with van der Waals surface area (Å²) in [5.41, 5.74) is 0.969. The summed E-state index contributed by atoms with van der Waals surface area (Å²) in [5, 5.41) is 0. The Bertz CT molecular complexity index is 203. The van der Waals surface area contributed by atoms with E-state index in [4.69, 9.17) is 0 Å². The molecule has 0 aliphatic rings. The van der Waals surface area contributed by atoms with Crippen molar-refractivity contribution in [3.63, 3.8) is 0 Å². The molecule has 2 nitrogen and oxygen atoms in total. The van der Waals surface area contributed by atoms with Crippen LogP contribution in [0.5, 0.6) is 0 Å². The van der Waals surface area contributed by atoms with Gasteiger partial charge in [0.1, 0.15) is 5.78 Å². The number of Topliss-reactive ketones (excluding diaryl/α,β-unsaturated/α-hetero) is 1. The lowest BCUT2D eigenvalue weighted by atomic mass is 10.2. The van der Waals surface area contributed by atoms with E-state index in [0.717, 1.165) is 18.0 Å². The van der Waals surface area contributed by atoms with Gasteiger partial charge in [-0.3, -0.25) is 9.79 Å². The average Bonchev–Trinajstić information content (AvgIpc) is 1.81. The zero-order valence-electron chi connectivity index (χ0n) is 9.39. The Morgan fingerprint density at radius 2 is 1.77 bits per heavy atom. The van der Waals surface area contributed by atoms with Crippen molar-refractivity contribution in [2.75, 3.05) is 31.1 Å². The van der Waals surface area contributed by atoms with Crippen LogP contribution in [-0.4, -0.2) is 42.6 Å². The van der Waals surface area contributed by atoms with Crippen LogP contribution in [0.4, 0.5) is 0 Å². The Labute approximate surface area is 83.1 Å². The Kier molecular flexibility index (Phi) is 5.30. The van der Waals surface area contributed by atoms with Crippen molar-refractivity contribution in [1.29, 1.82) is 0 Å². The molecule has 0 N–H and O–H groups in total. The van der Waals surface area contributed by atoms with Crippen molar-refractivity contribution in [2.45, 2.75) is 20.3 Å². The van der Waals surface area contributed by atoms with Crippen LogP contribution in [0.25, 0.3) is 0 Å². The number of carbonyl (C=O) groups is 1. The van der Waals surface area contributed by atoms with Crippen molar-refractivity contribution >= 4 is 21.5 Å². The van der Waals surface area contributed by atoms with Gasteiger partial charge in [-0.05, 0) is 38.4 Å². The molecule has 0 amide bonds. The van der Waals surface area contributed by atoms with Gasteiger partial charge in [-0.1, -0.05) is 0 Å². The molecule has 0 aromatic rings. The number of aliphatic imine (C=N–C) groups is 1. The first-order chi connectivity index (χ1) is 5.81. The number of hydrogen-bond donors (Lipinski definition) is 0. The van der Waals surface area contributed by atoms with E-state index in [-0.39, 0.29) is 5.78 Å². The van der Waals surface area contributed by atoms with E-state index in [2.05, 4.69) is 23.8 Å². The highest BCUT2D eigenvalue weighted by molar-refractivity contribution is 8.32. The average molecular weight is 203 g/mol. The van der Waals surface area contributed by atoms with Crippen molar-refractivity contribution in [2.24, 2.45) is 4.99 Å². The second-order valence-corrected chi connectivity index (χ2v) is 8.88. The van der Waals surface area contributed by atoms with Gasteiger partial charge in [-0.25, -0.2) is 10.0 Å². The van der Waals surface area contributed by atoms with Gasteiger partial charge in [0, 0.05) is 18.7 Å². The number of hydrogen-bond acceptors (Lipinski definition) is 2. The Morgan fingerprint density at radius 3 is 2.15 bits per heavy atom. The summed E-state index contributed by atoms with van der Waals surface area (Å²) in [4.78, 5) is 15.1. The smallest absolute Gasteiger partial charge is 0.135 e. The van der Waals surface area contributed by atoms with Crippen LogP contribution in [0.2, 0.25) is 0 Å². The fourth-order valence-electron chi connectivity index (χ4n) is 0.927. The fraction of sp³-hybridized carbons (Fsp3) is 0.800. The lowest BCUT2D eigenvalue weighted by Crippen LogP contribution is -2.05. The monoisotopic (exact) mass is 203 g/mol. The fourth-order valence-corrected chi connectivity index (χ4v) is 1.57. The van der Waals surface area contributed by atoms with E-state index in [0.29, 0.717) is 6.42 Å². The maximum absolute atomic E-state index is 10.7. The molecule has 0 radical (unpaired) electrons. The zero-order chi connectivity index (χ0) is 10.5. The number of carbonyl (C=O) groups excluding carboxylic acids is 1. The third-order valence-electron chi connectivity index (χ3n) is 1.59. The highest BCUT2D eigenvalue weighted by Crippen LogP contribution is 2.33. The molecule has 0 heterocycles. The third-order valence-corrected chi connectivity index (χ3v) is 3.00. The molecule has 0 aromatic heterocycles. The first-order valence-electron chi connectivity index (χ1n) is 4.46. The molecule has 0 atom stereocenters. The molecule has 0 saturated heterocycles. The predicted octanol–water partition coefficient (Wildman–Crippen LogP) is 2.12. The van der Waals surface area contributed by atoms with Crippen molar-refractivity contribution < 1.29 is 4.79 Å². The summed E-state index contributed by atoms with van der Waals surface area (Å²) in [5.74, 6) is 1.35. The molecule has 0 spiro atoms. The molecule has 0 aliphatic carbocycles. The van der Waals surface area contributed by atoms with Gasteiger partial charge in [-0.2, -0.15) is 0 Å². The SMILES string of the molecule is CC(=O)CC(C)=NCCS(C)(C)C. The Balaban J connectivity index is 3.78. The molecule has 13 heavy (non-hydrogen) atoms. The normalized spacial score (nSPS) is 14.4. The van der Waals surface area contributed by atoms with Gasteiger partial charge in [0.25, 0.3) is 0 Å². The number of nitrogens with zero attached hydrogens (tertiary/aromatic N) is 1. The van der Waals surface area contributed by atoms with E-state index in [9.17, 15) is 4.79 Å². The van der Waals surface area contributed by atoms with Crippen LogP contribution in [-0.2, 0) is 4.79 Å². The molecule has 0 bridgehead atoms. The molecule has 0 rings (SSSR count).